The third-order valence-electron chi connectivity index (χ3n) is 4.21. The molecule has 1 aromatic carbocycles. The molecule has 0 amide bonds. The molecule has 4 heteroatoms. The first kappa shape index (κ1) is 16.6. The first-order valence-corrected chi connectivity index (χ1v) is 8.29. The average molecular weight is 310 g/mol. The zero-order chi connectivity index (χ0) is 15.4. The highest BCUT2D eigenvalue weighted by molar-refractivity contribution is 6.33. The number of hydrogen-bond acceptors (Lipinski definition) is 3. The summed E-state index contributed by atoms with van der Waals surface area (Å²) in [5, 5.41) is 4.38. The van der Waals surface area contributed by atoms with Crippen molar-refractivity contribution < 1.29 is 0 Å². The largest absolute Gasteiger partial charge is 0.368 e. The summed E-state index contributed by atoms with van der Waals surface area (Å²) in [4.78, 5) is 4.79. The van der Waals surface area contributed by atoms with E-state index in [1.54, 1.807) is 0 Å². The van der Waals surface area contributed by atoms with E-state index in [0.717, 1.165) is 24.7 Å². The van der Waals surface area contributed by atoms with Crippen molar-refractivity contribution in [3.8, 4) is 0 Å². The molecule has 1 aliphatic heterocycles. The zero-order valence-electron chi connectivity index (χ0n) is 13.7. The number of para-hydroxylation sites is 1. The molecule has 1 N–H and O–H groups in total. The molecule has 0 spiro atoms. The molecule has 0 aromatic heterocycles. The van der Waals surface area contributed by atoms with Crippen molar-refractivity contribution in [2.75, 3.05) is 32.1 Å². The van der Waals surface area contributed by atoms with Crippen LogP contribution in [0, 0.1) is 0 Å². The Morgan fingerprint density at radius 3 is 2.81 bits per heavy atom. The Bertz CT molecular complexity index is 459. The van der Waals surface area contributed by atoms with Gasteiger partial charge in [0.15, 0.2) is 0 Å². The van der Waals surface area contributed by atoms with Crippen molar-refractivity contribution >= 4 is 17.3 Å². The van der Waals surface area contributed by atoms with E-state index in [1.807, 2.05) is 6.07 Å². The number of piperidine rings is 1. The predicted octanol–water partition coefficient (Wildman–Crippen LogP) is 3.37. The maximum absolute atomic E-state index is 6.52. The van der Waals surface area contributed by atoms with E-state index in [4.69, 9.17) is 11.6 Å². The van der Waals surface area contributed by atoms with Crippen molar-refractivity contribution in [3.05, 3.63) is 28.8 Å². The molecule has 118 valence electrons. The number of rotatable bonds is 5. The van der Waals surface area contributed by atoms with Crippen LogP contribution in [0.3, 0.4) is 0 Å². The first-order valence-electron chi connectivity index (χ1n) is 7.91. The van der Waals surface area contributed by atoms with Crippen LogP contribution in [0.15, 0.2) is 18.2 Å². The fourth-order valence-electron chi connectivity index (χ4n) is 2.95. The standard InChI is InChI=1S/C17H28ClN3/c1-13(2)19-11-14-7-5-9-16(18)17(14)21-10-6-8-15(12-21)20(3)4/h5,7,9,13,15,19H,6,8,10-12H2,1-4H3. The Morgan fingerprint density at radius 2 is 2.14 bits per heavy atom. The molecular weight excluding hydrogens is 282 g/mol. The summed E-state index contributed by atoms with van der Waals surface area (Å²) in [6.07, 6.45) is 2.50. The van der Waals surface area contributed by atoms with E-state index in [0.29, 0.717) is 12.1 Å². The molecule has 1 fully saturated rings. The van der Waals surface area contributed by atoms with Gasteiger partial charge in [0.1, 0.15) is 0 Å². The van der Waals surface area contributed by atoms with Gasteiger partial charge >= 0.3 is 0 Å². The summed E-state index contributed by atoms with van der Waals surface area (Å²) in [6, 6.07) is 7.34. The second kappa shape index (κ2) is 7.48. The van der Waals surface area contributed by atoms with Crippen LogP contribution >= 0.6 is 11.6 Å². The number of benzene rings is 1. The number of likely N-dealkylation sites (N-methyl/N-ethyl adjacent to an activating group) is 1. The van der Waals surface area contributed by atoms with Gasteiger partial charge in [0, 0.05) is 31.7 Å². The van der Waals surface area contributed by atoms with Crippen LogP contribution in [-0.4, -0.2) is 44.2 Å². The van der Waals surface area contributed by atoms with Gasteiger partial charge in [0.2, 0.25) is 0 Å². The maximum Gasteiger partial charge on any atom is 0.0642 e. The lowest BCUT2D eigenvalue weighted by atomic mass is 10.0. The second-order valence-electron chi connectivity index (χ2n) is 6.49. The number of anilines is 1. The van der Waals surface area contributed by atoms with Crippen molar-refractivity contribution in [1.29, 1.82) is 0 Å². The SMILES string of the molecule is CC(C)NCc1cccc(Cl)c1N1CCCC(N(C)C)C1. The molecule has 0 bridgehead atoms. The molecule has 1 aliphatic rings. The molecule has 21 heavy (non-hydrogen) atoms. The summed E-state index contributed by atoms with van der Waals surface area (Å²) in [5.74, 6) is 0. The van der Waals surface area contributed by atoms with Gasteiger partial charge in [-0.05, 0) is 38.6 Å². The first-order chi connectivity index (χ1) is 9.99. The fraction of sp³-hybridized carbons (Fsp3) is 0.647. The smallest absolute Gasteiger partial charge is 0.0642 e. The van der Waals surface area contributed by atoms with Crippen molar-refractivity contribution in [2.45, 2.75) is 45.3 Å². The predicted molar refractivity (Wildman–Crippen MR) is 92.3 cm³/mol. The third-order valence-corrected chi connectivity index (χ3v) is 4.52. The normalized spacial score (nSPS) is 19.6. The van der Waals surface area contributed by atoms with Crippen molar-refractivity contribution in [3.63, 3.8) is 0 Å². The molecule has 1 aromatic rings. The van der Waals surface area contributed by atoms with E-state index in [9.17, 15) is 0 Å². The van der Waals surface area contributed by atoms with Crippen molar-refractivity contribution in [1.82, 2.24) is 10.2 Å². The molecule has 0 radical (unpaired) electrons. The summed E-state index contributed by atoms with van der Waals surface area (Å²) in [6.45, 7) is 7.38. The van der Waals surface area contributed by atoms with E-state index in [2.05, 4.69) is 55.2 Å². The molecule has 1 unspecified atom stereocenters. The molecule has 1 heterocycles. The van der Waals surface area contributed by atoms with Crippen LogP contribution in [0.2, 0.25) is 5.02 Å². The number of nitrogens with one attached hydrogen (secondary N) is 1. The fourth-order valence-corrected chi connectivity index (χ4v) is 3.26. The van der Waals surface area contributed by atoms with E-state index in [1.165, 1.54) is 24.1 Å². The van der Waals surface area contributed by atoms with Crippen molar-refractivity contribution in [2.24, 2.45) is 0 Å². The molecule has 3 nitrogen and oxygen atoms in total. The lowest BCUT2D eigenvalue weighted by Crippen LogP contribution is -2.45. The average Bonchev–Trinajstić information content (AvgIpc) is 2.45. The van der Waals surface area contributed by atoms with E-state index in [-0.39, 0.29) is 0 Å². The molecular formula is C17H28ClN3. The molecule has 1 atom stereocenters. The summed E-state index contributed by atoms with van der Waals surface area (Å²) in [7, 11) is 4.34. The minimum atomic E-state index is 0.479. The molecule has 0 saturated carbocycles. The monoisotopic (exact) mass is 309 g/mol. The second-order valence-corrected chi connectivity index (χ2v) is 6.90. The quantitative estimate of drug-likeness (QED) is 0.899. The van der Waals surface area contributed by atoms with Gasteiger partial charge in [-0.1, -0.05) is 37.6 Å². The lowest BCUT2D eigenvalue weighted by Gasteiger charge is -2.38. The van der Waals surface area contributed by atoms with Crippen LogP contribution in [0.5, 0.6) is 0 Å². The minimum absolute atomic E-state index is 0.479. The van der Waals surface area contributed by atoms with Crippen LogP contribution < -0.4 is 10.2 Å². The topological polar surface area (TPSA) is 18.5 Å². The van der Waals surface area contributed by atoms with Gasteiger partial charge in [-0.3, -0.25) is 0 Å². The Balaban J connectivity index is 2.20. The lowest BCUT2D eigenvalue weighted by molar-refractivity contribution is 0.258. The van der Waals surface area contributed by atoms with Gasteiger partial charge in [-0.2, -0.15) is 0 Å². The summed E-state index contributed by atoms with van der Waals surface area (Å²) >= 11 is 6.52. The molecule has 1 saturated heterocycles. The van der Waals surface area contributed by atoms with Crippen LogP contribution in [0.4, 0.5) is 5.69 Å². The summed E-state index contributed by atoms with van der Waals surface area (Å²) < 4.78 is 0. The Kier molecular flexibility index (Phi) is 5.91. The Morgan fingerprint density at radius 1 is 1.38 bits per heavy atom. The maximum atomic E-state index is 6.52. The van der Waals surface area contributed by atoms with Gasteiger partial charge < -0.3 is 15.1 Å². The van der Waals surface area contributed by atoms with Crippen LogP contribution in [0.25, 0.3) is 0 Å². The zero-order valence-corrected chi connectivity index (χ0v) is 14.5. The Labute approximate surface area is 134 Å². The van der Waals surface area contributed by atoms with Gasteiger partial charge in [-0.25, -0.2) is 0 Å². The number of nitrogens with zero attached hydrogens (tertiary/aromatic N) is 2. The number of halogens is 1. The third kappa shape index (κ3) is 4.35. The van der Waals surface area contributed by atoms with Gasteiger partial charge in [0.25, 0.3) is 0 Å². The minimum Gasteiger partial charge on any atom is -0.368 e. The van der Waals surface area contributed by atoms with Crippen LogP contribution in [-0.2, 0) is 6.54 Å². The number of hydrogen-bond donors (Lipinski definition) is 1. The summed E-state index contributed by atoms with van der Waals surface area (Å²) in [5.41, 5.74) is 2.52. The molecule has 0 aliphatic carbocycles. The van der Waals surface area contributed by atoms with E-state index < -0.39 is 0 Å². The highest BCUT2D eigenvalue weighted by Crippen LogP contribution is 2.32. The highest BCUT2D eigenvalue weighted by atomic mass is 35.5. The van der Waals surface area contributed by atoms with E-state index >= 15 is 0 Å². The highest BCUT2D eigenvalue weighted by Gasteiger charge is 2.24. The molecule has 2 rings (SSSR count). The Hall–Kier alpha value is -0.770. The van der Waals surface area contributed by atoms with Gasteiger partial charge in [-0.15, -0.1) is 0 Å². The van der Waals surface area contributed by atoms with Crippen LogP contribution in [0.1, 0.15) is 32.3 Å². The van der Waals surface area contributed by atoms with Gasteiger partial charge in [0.05, 0.1) is 10.7 Å².